The standard InChI is InChI=1S/C18H17F3N2O/c1-2-10-23-16(12-6-5-7-13(11-12)18(19,20)21)22-15-9-4-3-8-14(15)17(23)24/h3-9,11,16,22H,2,10H2,1H3/t16-/m0/s1. The minimum atomic E-state index is -4.41. The number of nitrogens with one attached hydrogen (secondary N) is 1. The second-order valence-corrected chi connectivity index (χ2v) is 5.71. The van der Waals surface area contributed by atoms with Crippen LogP contribution in [0.1, 0.15) is 41.0 Å². The number of carbonyl (C=O) groups excluding carboxylic acids is 1. The number of amides is 1. The van der Waals surface area contributed by atoms with E-state index >= 15 is 0 Å². The van der Waals surface area contributed by atoms with Gasteiger partial charge in [0.25, 0.3) is 5.91 Å². The summed E-state index contributed by atoms with van der Waals surface area (Å²) in [4.78, 5) is 14.3. The maximum atomic E-state index is 13.0. The zero-order valence-corrected chi connectivity index (χ0v) is 13.1. The fraction of sp³-hybridized carbons (Fsp3) is 0.278. The summed E-state index contributed by atoms with van der Waals surface area (Å²) in [6.45, 7) is 2.39. The number of nitrogens with zero attached hydrogens (tertiary/aromatic N) is 1. The average molecular weight is 334 g/mol. The molecule has 24 heavy (non-hydrogen) atoms. The Hall–Kier alpha value is -2.50. The van der Waals surface area contributed by atoms with Gasteiger partial charge in [0.2, 0.25) is 0 Å². The maximum absolute atomic E-state index is 13.0. The molecule has 126 valence electrons. The Balaban J connectivity index is 2.04. The van der Waals surface area contributed by atoms with Crippen molar-refractivity contribution in [3.63, 3.8) is 0 Å². The van der Waals surface area contributed by atoms with Crippen molar-refractivity contribution < 1.29 is 18.0 Å². The molecule has 2 aromatic rings. The van der Waals surface area contributed by atoms with Crippen molar-refractivity contribution in [3.8, 4) is 0 Å². The predicted molar refractivity (Wildman–Crippen MR) is 85.6 cm³/mol. The van der Waals surface area contributed by atoms with E-state index in [0.717, 1.165) is 12.1 Å². The molecule has 0 saturated carbocycles. The zero-order valence-electron chi connectivity index (χ0n) is 13.1. The van der Waals surface area contributed by atoms with Crippen LogP contribution in [0.15, 0.2) is 48.5 Å². The Bertz CT molecular complexity index is 758. The summed E-state index contributed by atoms with van der Waals surface area (Å²) in [6, 6.07) is 12.2. The van der Waals surface area contributed by atoms with Crippen molar-refractivity contribution >= 4 is 11.6 Å². The van der Waals surface area contributed by atoms with Crippen molar-refractivity contribution in [1.82, 2.24) is 4.90 Å². The van der Waals surface area contributed by atoms with E-state index in [1.807, 2.05) is 6.92 Å². The molecule has 1 aliphatic rings. The first-order valence-electron chi connectivity index (χ1n) is 7.75. The summed E-state index contributed by atoms with van der Waals surface area (Å²) in [5, 5.41) is 3.19. The molecule has 1 heterocycles. The molecule has 0 bridgehead atoms. The smallest absolute Gasteiger partial charge is 0.361 e. The van der Waals surface area contributed by atoms with Gasteiger partial charge < -0.3 is 10.2 Å². The maximum Gasteiger partial charge on any atom is 0.416 e. The third-order valence-corrected chi connectivity index (χ3v) is 4.02. The van der Waals surface area contributed by atoms with Crippen LogP contribution in [0.5, 0.6) is 0 Å². The Morgan fingerprint density at radius 2 is 1.88 bits per heavy atom. The molecule has 3 rings (SSSR count). The first-order chi connectivity index (χ1) is 11.4. The number of hydrogen-bond acceptors (Lipinski definition) is 2. The number of fused-ring (bicyclic) bond motifs is 1. The van der Waals surface area contributed by atoms with Crippen molar-refractivity contribution in [1.29, 1.82) is 0 Å². The highest BCUT2D eigenvalue weighted by Gasteiger charge is 2.35. The molecule has 0 aliphatic carbocycles. The van der Waals surface area contributed by atoms with Gasteiger partial charge in [-0.15, -0.1) is 0 Å². The molecule has 6 heteroatoms. The molecule has 1 amide bonds. The molecule has 0 aromatic heterocycles. The Morgan fingerprint density at radius 1 is 1.12 bits per heavy atom. The fourth-order valence-electron chi connectivity index (χ4n) is 2.91. The first kappa shape index (κ1) is 16.4. The van der Waals surface area contributed by atoms with Crippen molar-refractivity contribution in [2.75, 3.05) is 11.9 Å². The number of benzene rings is 2. The largest absolute Gasteiger partial charge is 0.416 e. The van der Waals surface area contributed by atoms with Crippen molar-refractivity contribution in [3.05, 3.63) is 65.2 Å². The molecule has 0 spiro atoms. The topological polar surface area (TPSA) is 32.3 Å². The third kappa shape index (κ3) is 2.96. The molecule has 3 nitrogen and oxygen atoms in total. The summed E-state index contributed by atoms with van der Waals surface area (Å²) in [5.41, 5.74) is 0.872. The minimum Gasteiger partial charge on any atom is -0.361 e. The molecule has 0 unspecified atom stereocenters. The fourth-order valence-corrected chi connectivity index (χ4v) is 2.91. The summed E-state index contributed by atoms with van der Waals surface area (Å²) < 4.78 is 39.0. The van der Waals surface area contributed by atoms with E-state index in [1.165, 1.54) is 6.07 Å². The lowest BCUT2D eigenvalue weighted by Gasteiger charge is -2.38. The molecule has 0 fully saturated rings. The second kappa shape index (κ2) is 6.19. The van der Waals surface area contributed by atoms with E-state index in [4.69, 9.17) is 0 Å². The SMILES string of the molecule is CCCN1C(=O)c2ccccc2N[C@@H]1c1cccc(C(F)(F)F)c1. The summed E-state index contributed by atoms with van der Waals surface area (Å²) in [7, 11) is 0. The Morgan fingerprint density at radius 3 is 2.58 bits per heavy atom. The van der Waals surface area contributed by atoms with Crippen LogP contribution in [0.25, 0.3) is 0 Å². The van der Waals surface area contributed by atoms with Gasteiger partial charge in [0.15, 0.2) is 0 Å². The zero-order chi connectivity index (χ0) is 17.3. The highest BCUT2D eigenvalue weighted by molar-refractivity contribution is 6.01. The van der Waals surface area contributed by atoms with Crippen LogP contribution >= 0.6 is 0 Å². The molecule has 0 radical (unpaired) electrons. The molecule has 0 saturated heterocycles. The van der Waals surface area contributed by atoms with Gasteiger partial charge in [0.1, 0.15) is 6.17 Å². The van der Waals surface area contributed by atoms with Crippen LogP contribution in [-0.4, -0.2) is 17.4 Å². The molecule has 1 atom stereocenters. The van der Waals surface area contributed by atoms with E-state index in [9.17, 15) is 18.0 Å². The van der Waals surface area contributed by atoms with Gasteiger partial charge in [0, 0.05) is 12.2 Å². The Kier molecular flexibility index (Phi) is 4.22. The van der Waals surface area contributed by atoms with Crippen LogP contribution in [0, 0.1) is 0 Å². The highest BCUT2D eigenvalue weighted by Crippen LogP contribution is 2.36. The number of alkyl halides is 3. The van der Waals surface area contributed by atoms with E-state index in [2.05, 4.69) is 5.32 Å². The van der Waals surface area contributed by atoms with E-state index in [-0.39, 0.29) is 5.91 Å². The number of anilines is 1. The van der Waals surface area contributed by atoms with Gasteiger partial charge in [-0.2, -0.15) is 13.2 Å². The van der Waals surface area contributed by atoms with E-state index in [0.29, 0.717) is 29.8 Å². The van der Waals surface area contributed by atoms with Gasteiger partial charge in [-0.25, -0.2) is 0 Å². The van der Waals surface area contributed by atoms with Crippen LogP contribution in [0.4, 0.5) is 18.9 Å². The first-order valence-corrected chi connectivity index (χ1v) is 7.75. The van der Waals surface area contributed by atoms with Crippen molar-refractivity contribution in [2.45, 2.75) is 25.7 Å². The lowest BCUT2D eigenvalue weighted by atomic mass is 10.0. The second-order valence-electron chi connectivity index (χ2n) is 5.71. The molecule has 1 aliphatic heterocycles. The lowest BCUT2D eigenvalue weighted by molar-refractivity contribution is -0.137. The van der Waals surface area contributed by atoms with E-state index < -0.39 is 17.9 Å². The molecule has 1 N–H and O–H groups in total. The minimum absolute atomic E-state index is 0.173. The Labute approximate surface area is 138 Å². The number of hydrogen-bond donors (Lipinski definition) is 1. The monoisotopic (exact) mass is 334 g/mol. The van der Waals surface area contributed by atoms with Gasteiger partial charge in [-0.1, -0.05) is 31.2 Å². The van der Waals surface area contributed by atoms with Crippen LogP contribution in [0.2, 0.25) is 0 Å². The number of rotatable bonds is 3. The highest BCUT2D eigenvalue weighted by atomic mass is 19.4. The normalized spacial score (nSPS) is 17.4. The van der Waals surface area contributed by atoms with Gasteiger partial charge in [-0.3, -0.25) is 4.79 Å². The summed E-state index contributed by atoms with van der Waals surface area (Å²) in [6.07, 6.45) is -4.32. The van der Waals surface area contributed by atoms with Crippen LogP contribution in [-0.2, 0) is 6.18 Å². The number of halogens is 3. The summed E-state index contributed by atoms with van der Waals surface area (Å²) in [5.74, 6) is -0.173. The van der Waals surface area contributed by atoms with E-state index in [1.54, 1.807) is 35.2 Å². The average Bonchev–Trinajstić information content (AvgIpc) is 2.57. The molecule has 2 aromatic carbocycles. The predicted octanol–water partition coefficient (Wildman–Crippen LogP) is 4.68. The quantitative estimate of drug-likeness (QED) is 0.884. The number of carbonyl (C=O) groups is 1. The van der Waals surface area contributed by atoms with Crippen LogP contribution < -0.4 is 5.32 Å². The van der Waals surface area contributed by atoms with Crippen LogP contribution in [0.3, 0.4) is 0 Å². The van der Waals surface area contributed by atoms with Gasteiger partial charge >= 0.3 is 6.18 Å². The number of para-hydroxylation sites is 1. The molecular weight excluding hydrogens is 317 g/mol. The van der Waals surface area contributed by atoms with Gasteiger partial charge in [-0.05, 0) is 36.2 Å². The summed E-state index contributed by atoms with van der Waals surface area (Å²) >= 11 is 0. The third-order valence-electron chi connectivity index (χ3n) is 4.02. The van der Waals surface area contributed by atoms with Crippen molar-refractivity contribution in [2.24, 2.45) is 0 Å². The molecular formula is C18H17F3N2O. The lowest BCUT2D eigenvalue weighted by Crippen LogP contribution is -2.43. The van der Waals surface area contributed by atoms with Gasteiger partial charge in [0.05, 0.1) is 11.1 Å².